The molecule has 1 aromatic rings. The van der Waals surface area contributed by atoms with Crippen molar-refractivity contribution in [3.63, 3.8) is 0 Å². The number of carbonyl (C=O) groups is 2. The van der Waals surface area contributed by atoms with Gasteiger partial charge in [-0.05, 0) is 12.0 Å². The number of rotatable bonds is 6. The molecule has 2 atom stereocenters. The van der Waals surface area contributed by atoms with Crippen molar-refractivity contribution in [3.05, 3.63) is 35.9 Å². The monoisotopic (exact) mass is 290 g/mol. The minimum absolute atomic E-state index is 0.0511. The van der Waals surface area contributed by atoms with Gasteiger partial charge in [0.15, 0.2) is 0 Å². The SMILES string of the molecule is CCCC(COC)N1CC(=O)NC(c2ccccc2)C1=O. The Bertz CT molecular complexity index is 484. The standard InChI is InChI=1S/C16H22N2O3/c1-3-7-13(11-21-2)18-10-14(19)17-15(16(18)20)12-8-5-4-6-9-12/h4-6,8-9,13,15H,3,7,10-11H2,1-2H3,(H,17,19). The van der Waals surface area contributed by atoms with E-state index in [2.05, 4.69) is 12.2 Å². The van der Waals surface area contributed by atoms with Gasteiger partial charge in [-0.15, -0.1) is 0 Å². The predicted molar refractivity (Wildman–Crippen MR) is 79.6 cm³/mol. The number of carbonyl (C=O) groups excluding carboxylic acids is 2. The molecule has 5 heteroatoms. The van der Waals surface area contributed by atoms with Gasteiger partial charge in [0.05, 0.1) is 12.6 Å². The fourth-order valence-corrected chi connectivity index (χ4v) is 2.70. The second kappa shape index (κ2) is 7.22. The van der Waals surface area contributed by atoms with E-state index in [9.17, 15) is 9.59 Å². The molecule has 2 amide bonds. The normalized spacial score (nSPS) is 20.3. The van der Waals surface area contributed by atoms with E-state index in [1.54, 1.807) is 12.0 Å². The fourth-order valence-electron chi connectivity index (χ4n) is 2.70. The second-order valence-electron chi connectivity index (χ2n) is 5.28. The Hall–Kier alpha value is -1.88. The molecule has 0 aliphatic carbocycles. The van der Waals surface area contributed by atoms with Crippen LogP contribution < -0.4 is 5.32 Å². The number of methoxy groups -OCH3 is 1. The first-order valence-electron chi connectivity index (χ1n) is 7.31. The zero-order valence-electron chi connectivity index (χ0n) is 12.5. The van der Waals surface area contributed by atoms with E-state index in [0.29, 0.717) is 6.61 Å². The van der Waals surface area contributed by atoms with Gasteiger partial charge in [0, 0.05) is 7.11 Å². The minimum Gasteiger partial charge on any atom is -0.383 e. The number of amides is 2. The highest BCUT2D eigenvalue weighted by atomic mass is 16.5. The smallest absolute Gasteiger partial charge is 0.250 e. The van der Waals surface area contributed by atoms with Crippen LogP contribution in [0.25, 0.3) is 0 Å². The summed E-state index contributed by atoms with van der Waals surface area (Å²) < 4.78 is 5.21. The van der Waals surface area contributed by atoms with E-state index in [1.807, 2.05) is 30.3 Å². The summed E-state index contributed by atoms with van der Waals surface area (Å²) in [4.78, 5) is 26.3. The lowest BCUT2D eigenvalue weighted by Gasteiger charge is -2.37. The van der Waals surface area contributed by atoms with Gasteiger partial charge in [-0.1, -0.05) is 43.7 Å². The van der Waals surface area contributed by atoms with Gasteiger partial charge >= 0.3 is 0 Å². The van der Waals surface area contributed by atoms with Gasteiger partial charge in [-0.25, -0.2) is 0 Å². The maximum atomic E-state index is 12.7. The third-order valence-corrected chi connectivity index (χ3v) is 3.70. The molecule has 2 rings (SSSR count). The number of ether oxygens (including phenoxy) is 1. The first-order chi connectivity index (χ1) is 10.2. The molecule has 1 heterocycles. The molecule has 0 bridgehead atoms. The topological polar surface area (TPSA) is 58.6 Å². The summed E-state index contributed by atoms with van der Waals surface area (Å²) in [6, 6.07) is 8.70. The Labute approximate surface area is 125 Å². The molecule has 1 N–H and O–H groups in total. The van der Waals surface area contributed by atoms with Crippen LogP contribution in [-0.2, 0) is 14.3 Å². The van der Waals surface area contributed by atoms with Crippen molar-refractivity contribution >= 4 is 11.8 Å². The zero-order valence-corrected chi connectivity index (χ0v) is 12.5. The third-order valence-electron chi connectivity index (χ3n) is 3.70. The highest BCUT2D eigenvalue weighted by molar-refractivity contribution is 5.95. The quantitative estimate of drug-likeness (QED) is 0.864. The number of nitrogens with zero attached hydrogens (tertiary/aromatic N) is 1. The number of hydrogen-bond donors (Lipinski definition) is 1. The first kappa shape index (κ1) is 15.5. The largest absolute Gasteiger partial charge is 0.383 e. The molecule has 21 heavy (non-hydrogen) atoms. The third kappa shape index (κ3) is 3.61. The van der Waals surface area contributed by atoms with Gasteiger partial charge in [0.2, 0.25) is 5.91 Å². The summed E-state index contributed by atoms with van der Waals surface area (Å²) in [5.41, 5.74) is 0.813. The summed E-state index contributed by atoms with van der Waals surface area (Å²) in [5, 5.41) is 2.78. The van der Waals surface area contributed by atoms with Crippen LogP contribution in [0.5, 0.6) is 0 Å². The number of benzene rings is 1. The van der Waals surface area contributed by atoms with Crippen molar-refractivity contribution in [2.45, 2.75) is 31.8 Å². The average Bonchev–Trinajstić information content (AvgIpc) is 2.50. The Morgan fingerprint density at radius 3 is 2.67 bits per heavy atom. The van der Waals surface area contributed by atoms with Crippen molar-refractivity contribution in [3.8, 4) is 0 Å². The van der Waals surface area contributed by atoms with Crippen molar-refractivity contribution in [2.75, 3.05) is 20.3 Å². The van der Waals surface area contributed by atoms with Gasteiger partial charge in [0.25, 0.3) is 5.91 Å². The Morgan fingerprint density at radius 2 is 2.05 bits per heavy atom. The van der Waals surface area contributed by atoms with Crippen LogP contribution in [0.1, 0.15) is 31.4 Å². The predicted octanol–water partition coefficient (Wildman–Crippen LogP) is 1.50. The van der Waals surface area contributed by atoms with Crippen LogP contribution in [0.15, 0.2) is 30.3 Å². The molecule has 0 spiro atoms. The lowest BCUT2D eigenvalue weighted by atomic mass is 10.0. The van der Waals surface area contributed by atoms with Gasteiger partial charge in [-0.2, -0.15) is 0 Å². The van der Waals surface area contributed by atoms with Crippen molar-refractivity contribution in [1.82, 2.24) is 10.2 Å². The van der Waals surface area contributed by atoms with Crippen LogP contribution in [0.3, 0.4) is 0 Å². The lowest BCUT2D eigenvalue weighted by Crippen LogP contribution is -2.57. The molecule has 2 unspecified atom stereocenters. The van der Waals surface area contributed by atoms with E-state index in [4.69, 9.17) is 4.74 Å². The fraction of sp³-hybridized carbons (Fsp3) is 0.500. The van der Waals surface area contributed by atoms with Crippen LogP contribution >= 0.6 is 0 Å². The van der Waals surface area contributed by atoms with Crippen LogP contribution in [-0.4, -0.2) is 43.0 Å². The van der Waals surface area contributed by atoms with E-state index >= 15 is 0 Å². The molecule has 0 aromatic heterocycles. The zero-order chi connectivity index (χ0) is 15.2. The molecule has 1 aliphatic heterocycles. The van der Waals surface area contributed by atoms with Crippen molar-refractivity contribution < 1.29 is 14.3 Å². The van der Waals surface area contributed by atoms with Crippen molar-refractivity contribution in [1.29, 1.82) is 0 Å². The molecule has 1 aliphatic rings. The molecule has 1 saturated heterocycles. The van der Waals surface area contributed by atoms with Gasteiger partial charge in [0.1, 0.15) is 12.6 Å². The summed E-state index contributed by atoms with van der Waals surface area (Å²) in [5.74, 6) is -0.183. The first-order valence-corrected chi connectivity index (χ1v) is 7.31. The molecule has 1 fully saturated rings. The molecule has 114 valence electrons. The molecule has 0 radical (unpaired) electrons. The molecule has 1 aromatic carbocycles. The summed E-state index contributed by atoms with van der Waals surface area (Å²) in [6.07, 6.45) is 1.77. The number of nitrogens with one attached hydrogen (secondary N) is 1. The van der Waals surface area contributed by atoms with Crippen LogP contribution in [0.4, 0.5) is 0 Å². The Balaban J connectivity index is 2.22. The highest BCUT2D eigenvalue weighted by Gasteiger charge is 2.36. The van der Waals surface area contributed by atoms with Gasteiger partial charge < -0.3 is 15.0 Å². The molecular weight excluding hydrogens is 268 g/mol. The van der Waals surface area contributed by atoms with Crippen molar-refractivity contribution in [2.24, 2.45) is 0 Å². The lowest BCUT2D eigenvalue weighted by molar-refractivity contribution is -0.148. The summed E-state index contributed by atoms with van der Waals surface area (Å²) in [7, 11) is 1.62. The average molecular weight is 290 g/mol. The second-order valence-corrected chi connectivity index (χ2v) is 5.28. The number of hydrogen-bond acceptors (Lipinski definition) is 3. The molecular formula is C16H22N2O3. The van der Waals surface area contributed by atoms with Crippen LogP contribution in [0, 0.1) is 0 Å². The Morgan fingerprint density at radius 1 is 1.33 bits per heavy atom. The highest BCUT2D eigenvalue weighted by Crippen LogP contribution is 2.22. The van der Waals surface area contributed by atoms with Gasteiger partial charge in [-0.3, -0.25) is 9.59 Å². The summed E-state index contributed by atoms with van der Waals surface area (Å²) in [6.45, 7) is 2.62. The number of piperazine rings is 1. The van der Waals surface area contributed by atoms with E-state index < -0.39 is 6.04 Å². The Kier molecular flexibility index (Phi) is 5.33. The molecule has 5 nitrogen and oxygen atoms in total. The van der Waals surface area contributed by atoms with E-state index in [-0.39, 0.29) is 24.4 Å². The summed E-state index contributed by atoms with van der Waals surface area (Å²) >= 11 is 0. The maximum Gasteiger partial charge on any atom is 0.250 e. The van der Waals surface area contributed by atoms with E-state index in [1.165, 1.54) is 0 Å². The maximum absolute atomic E-state index is 12.7. The van der Waals surface area contributed by atoms with Crippen LogP contribution in [0.2, 0.25) is 0 Å². The van der Waals surface area contributed by atoms with E-state index in [0.717, 1.165) is 18.4 Å². The molecule has 0 saturated carbocycles. The minimum atomic E-state index is -0.594.